The largest absolute Gasteiger partial charge is 0.480 e. The number of carboxylic acids is 1. The number of halogens is 1. The quantitative estimate of drug-likeness (QED) is 0.867. The Kier molecular flexibility index (Phi) is 5.65. The molecule has 2 atom stereocenters. The summed E-state index contributed by atoms with van der Waals surface area (Å²) in [6.07, 6.45) is 2.03. The van der Waals surface area contributed by atoms with Crippen molar-refractivity contribution in [1.29, 1.82) is 0 Å². The Morgan fingerprint density at radius 3 is 2.65 bits per heavy atom. The second-order valence-corrected chi connectivity index (χ2v) is 5.71. The Balaban J connectivity index is 2.92. The number of aliphatic carboxylic acids is 1. The van der Waals surface area contributed by atoms with Crippen LogP contribution in [0.15, 0.2) is 29.2 Å². The minimum Gasteiger partial charge on any atom is -0.480 e. The summed E-state index contributed by atoms with van der Waals surface area (Å²) in [5.41, 5.74) is 0. The summed E-state index contributed by atoms with van der Waals surface area (Å²) in [5, 5.41) is 8.56. The van der Waals surface area contributed by atoms with Gasteiger partial charge in [-0.15, -0.1) is 0 Å². The lowest BCUT2D eigenvalue weighted by Crippen LogP contribution is -2.25. The molecule has 0 saturated heterocycles. The lowest BCUT2D eigenvalue weighted by atomic mass is 10.2. The number of hydrogen-bond acceptors (Lipinski definition) is 2. The fourth-order valence-electron chi connectivity index (χ4n) is 1.47. The maximum Gasteiger partial charge on any atom is 0.319 e. The van der Waals surface area contributed by atoms with Gasteiger partial charge in [-0.3, -0.25) is 9.00 Å². The van der Waals surface area contributed by atoms with E-state index in [0.717, 1.165) is 12.8 Å². The van der Waals surface area contributed by atoms with E-state index in [9.17, 15) is 9.00 Å². The molecule has 0 heterocycles. The maximum atomic E-state index is 12.2. The van der Waals surface area contributed by atoms with Crippen molar-refractivity contribution in [3.05, 3.63) is 29.3 Å². The Morgan fingerprint density at radius 2 is 2.12 bits per heavy atom. The van der Waals surface area contributed by atoms with Gasteiger partial charge in [-0.05, 0) is 18.6 Å². The van der Waals surface area contributed by atoms with E-state index >= 15 is 0 Å². The first-order valence-corrected chi connectivity index (χ1v) is 7.05. The minimum atomic E-state index is -1.60. The van der Waals surface area contributed by atoms with Gasteiger partial charge in [-0.1, -0.05) is 43.5 Å². The van der Waals surface area contributed by atoms with Gasteiger partial charge in [0.05, 0.1) is 20.7 Å². The first-order chi connectivity index (χ1) is 8.07. The summed E-state index contributed by atoms with van der Waals surface area (Å²) >= 11 is 5.92. The molecular formula is C12H15ClO3S. The molecular weight excluding hydrogens is 260 g/mol. The Hall–Kier alpha value is -0.870. The van der Waals surface area contributed by atoms with Crippen LogP contribution in [0.2, 0.25) is 5.02 Å². The van der Waals surface area contributed by atoms with Crippen LogP contribution < -0.4 is 0 Å². The van der Waals surface area contributed by atoms with Crippen LogP contribution >= 0.6 is 11.6 Å². The van der Waals surface area contributed by atoms with Crippen molar-refractivity contribution >= 4 is 28.4 Å². The van der Waals surface area contributed by atoms with Gasteiger partial charge >= 0.3 is 5.97 Å². The highest BCUT2D eigenvalue weighted by atomic mass is 35.5. The van der Waals surface area contributed by atoms with Gasteiger partial charge in [0.2, 0.25) is 0 Å². The highest BCUT2D eigenvalue weighted by Crippen LogP contribution is 2.23. The lowest BCUT2D eigenvalue weighted by Gasteiger charge is -2.12. The Labute approximate surface area is 108 Å². The predicted octanol–water partition coefficient (Wildman–Crippen LogP) is 3.09. The molecule has 94 valence electrons. The molecule has 0 aliphatic rings. The molecule has 0 aromatic heterocycles. The molecule has 0 saturated carbocycles. The third-order valence-electron chi connectivity index (χ3n) is 2.41. The monoisotopic (exact) mass is 274 g/mol. The van der Waals surface area contributed by atoms with Crippen LogP contribution in [0.3, 0.4) is 0 Å². The maximum absolute atomic E-state index is 12.2. The molecule has 1 aromatic carbocycles. The minimum absolute atomic E-state index is 0.355. The predicted molar refractivity (Wildman–Crippen MR) is 68.8 cm³/mol. The molecule has 1 N–H and O–H groups in total. The zero-order valence-corrected chi connectivity index (χ0v) is 11.1. The molecule has 0 aliphatic carbocycles. The first kappa shape index (κ1) is 14.2. The standard InChI is InChI=1S/C12H15ClO3S/c1-2-3-7-11(12(14)15)17(16)10-8-5-4-6-9(10)13/h4-6,8,11H,2-3,7H2,1H3,(H,14,15). The molecule has 1 rings (SSSR count). The van der Waals surface area contributed by atoms with Gasteiger partial charge in [0.1, 0.15) is 5.25 Å². The van der Waals surface area contributed by atoms with E-state index in [-0.39, 0.29) is 0 Å². The normalized spacial score (nSPS) is 14.2. The number of unbranched alkanes of at least 4 members (excludes halogenated alkanes) is 1. The second kappa shape index (κ2) is 6.77. The van der Waals surface area contributed by atoms with Crippen molar-refractivity contribution in [1.82, 2.24) is 0 Å². The van der Waals surface area contributed by atoms with E-state index < -0.39 is 22.0 Å². The molecule has 0 aliphatic heterocycles. The third kappa shape index (κ3) is 3.82. The topological polar surface area (TPSA) is 54.4 Å². The van der Waals surface area contributed by atoms with E-state index in [0.29, 0.717) is 16.3 Å². The summed E-state index contributed by atoms with van der Waals surface area (Å²) in [4.78, 5) is 11.5. The molecule has 17 heavy (non-hydrogen) atoms. The average molecular weight is 275 g/mol. The van der Waals surface area contributed by atoms with Crippen LogP contribution in [0.1, 0.15) is 26.2 Å². The molecule has 2 unspecified atom stereocenters. The summed E-state index contributed by atoms with van der Waals surface area (Å²) < 4.78 is 12.2. The van der Waals surface area contributed by atoms with Crippen LogP contribution in [0.25, 0.3) is 0 Å². The van der Waals surface area contributed by atoms with Gasteiger partial charge in [-0.2, -0.15) is 0 Å². The molecule has 0 radical (unpaired) electrons. The lowest BCUT2D eigenvalue weighted by molar-refractivity contribution is -0.136. The Bertz CT molecular complexity index is 420. The molecule has 0 spiro atoms. The van der Waals surface area contributed by atoms with Gasteiger partial charge in [-0.25, -0.2) is 0 Å². The van der Waals surface area contributed by atoms with Crippen LogP contribution in [0.5, 0.6) is 0 Å². The number of hydrogen-bond donors (Lipinski definition) is 1. The van der Waals surface area contributed by atoms with E-state index in [1.54, 1.807) is 24.3 Å². The summed E-state index contributed by atoms with van der Waals surface area (Å²) in [6.45, 7) is 1.97. The molecule has 0 amide bonds. The average Bonchev–Trinajstić information content (AvgIpc) is 2.29. The third-order valence-corrected chi connectivity index (χ3v) is 4.59. The van der Waals surface area contributed by atoms with Gasteiger partial charge in [0.25, 0.3) is 0 Å². The molecule has 5 heteroatoms. The van der Waals surface area contributed by atoms with Crippen molar-refractivity contribution < 1.29 is 14.1 Å². The molecule has 0 fully saturated rings. The van der Waals surface area contributed by atoms with Gasteiger partial charge in [0, 0.05) is 0 Å². The molecule has 3 nitrogen and oxygen atoms in total. The first-order valence-electron chi connectivity index (χ1n) is 5.45. The highest BCUT2D eigenvalue weighted by Gasteiger charge is 2.26. The van der Waals surface area contributed by atoms with Crippen LogP contribution in [-0.4, -0.2) is 20.5 Å². The number of carbonyl (C=O) groups is 1. The Morgan fingerprint density at radius 1 is 1.47 bits per heavy atom. The number of benzene rings is 1. The van der Waals surface area contributed by atoms with E-state index in [2.05, 4.69) is 0 Å². The summed E-state index contributed by atoms with van der Waals surface area (Å²) in [5.74, 6) is -1.03. The van der Waals surface area contributed by atoms with E-state index in [1.807, 2.05) is 6.92 Å². The number of carboxylic acid groups (broad SMARTS) is 1. The van der Waals surface area contributed by atoms with Gasteiger partial charge < -0.3 is 5.11 Å². The fraction of sp³-hybridized carbons (Fsp3) is 0.417. The summed E-state index contributed by atoms with van der Waals surface area (Å²) in [6, 6.07) is 6.66. The van der Waals surface area contributed by atoms with Gasteiger partial charge in [0.15, 0.2) is 0 Å². The SMILES string of the molecule is CCCCC(C(=O)O)S(=O)c1ccccc1Cl. The second-order valence-electron chi connectivity index (χ2n) is 3.70. The zero-order valence-electron chi connectivity index (χ0n) is 9.56. The molecule has 1 aromatic rings. The van der Waals surface area contributed by atoms with Crippen molar-refractivity contribution in [2.24, 2.45) is 0 Å². The van der Waals surface area contributed by atoms with Crippen LogP contribution in [-0.2, 0) is 15.6 Å². The highest BCUT2D eigenvalue weighted by molar-refractivity contribution is 7.86. The fourth-order valence-corrected chi connectivity index (χ4v) is 3.18. The van der Waals surface area contributed by atoms with E-state index in [1.165, 1.54) is 0 Å². The van der Waals surface area contributed by atoms with Crippen molar-refractivity contribution in [3.63, 3.8) is 0 Å². The van der Waals surface area contributed by atoms with Crippen molar-refractivity contribution in [2.45, 2.75) is 36.3 Å². The summed E-state index contributed by atoms with van der Waals surface area (Å²) in [7, 11) is -1.60. The van der Waals surface area contributed by atoms with Crippen molar-refractivity contribution in [2.75, 3.05) is 0 Å². The smallest absolute Gasteiger partial charge is 0.319 e. The zero-order chi connectivity index (χ0) is 12.8. The van der Waals surface area contributed by atoms with Crippen LogP contribution in [0.4, 0.5) is 0 Å². The molecule has 0 bridgehead atoms. The van der Waals surface area contributed by atoms with Crippen molar-refractivity contribution in [3.8, 4) is 0 Å². The van der Waals surface area contributed by atoms with E-state index in [4.69, 9.17) is 16.7 Å². The van der Waals surface area contributed by atoms with Crippen LogP contribution in [0, 0.1) is 0 Å². The number of rotatable bonds is 6.